The van der Waals surface area contributed by atoms with Crippen molar-refractivity contribution in [1.82, 2.24) is 0 Å². The Morgan fingerprint density at radius 3 is 2.59 bits per heavy atom. The molecule has 0 saturated heterocycles. The topological polar surface area (TPSA) is 0 Å². The highest BCUT2D eigenvalue weighted by molar-refractivity contribution is 6.30. The lowest BCUT2D eigenvalue weighted by Crippen LogP contribution is -2.35. The highest BCUT2D eigenvalue weighted by atomic mass is 35.5. The van der Waals surface area contributed by atoms with Gasteiger partial charge in [-0.3, -0.25) is 0 Å². The first-order valence-electron chi connectivity index (χ1n) is 9.98. The molecule has 2 aromatic carbocycles. The molecule has 0 amide bonds. The van der Waals surface area contributed by atoms with Gasteiger partial charge in [0.05, 0.1) is 0 Å². The zero-order valence-electron chi connectivity index (χ0n) is 15.6. The molecule has 3 heteroatoms. The molecule has 0 bridgehead atoms. The zero-order valence-corrected chi connectivity index (χ0v) is 16.4. The van der Waals surface area contributed by atoms with Crippen molar-refractivity contribution in [2.45, 2.75) is 50.9 Å². The quantitative estimate of drug-likeness (QED) is 0.481. The van der Waals surface area contributed by atoms with Crippen molar-refractivity contribution in [3.8, 4) is 0 Å². The number of rotatable bonds is 3. The summed E-state index contributed by atoms with van der Waals surface area (Å²) in [6, 6.07) is 10.8. The van der Waals surface area contributed by atoms with Crippen molar-refractivity contribution in [3.05, 3.63) is 81.9 Å². The maximum atomic E-state index is 14.3. The van der Waals surface area contributed by atoms with E-state index in [1.54, 1.807) is 6.07 Å². The van der Waals surface area contributed by atoms with Crippen molar-refractivity contribution in [1.29, 1.82) is 0 Å². The van der Waals surface area contributed by atoms with Crippen LogP contribution in [0.15, 0.2) is 48.6 Å². The van der Waals surface area contributed by atoms with Gasteiger partial charge >= 0.3 is 0 Å². The Kier molecular flexibility index (Phi) is 5.36. The van der Waals surface area contributed by atoms with E-state index in [0.29, 0.717) is 24.2 Å². The van der Waals surface area contributed by atoms with Gasteiger partial charge < -0.3 is 0 Å². The molecule has 27 heavy (non-hydrogen) atoms. The molecule has 0 aliphatic heterocycles. The largest absolute Gasteiger partial charge is 0.207 e. The molecule has 0 aromatic heterocycles. The third kappa shape index (κ3) is 3.57. The Balaban J connectivity index is 1.75. The highest BCUT2D eigenvalue weighted by Gasteiger charge is 2.42. The van der Waals surface area contributed by atoms with Crippen LogP contribution in [0.2, 0.25) is 5.02 Å². The molecule has 4 unspecified atom stereocenters. The Morgan fingerprint density at radius 1 is 1.07 bits per heavy atom. The summed E-state index contributed by atoms with van der Waals surface area (Å²) in [5.41, 5.74) is 2.93. The summed E-state index contributed by atoms with van der Waals surface area (Å²) in [5.74, 6) is 0.629. The van der Waals surface area contributed by atoms with Crippen LogP contribution < -0.4 is 0 Å². The lowest BCUT2D eigenvalue weighted by atomic mass is 9.58. The molecule has 0 heterocycles. The van der Waals surface area contributed by atoms with Crippen molar-refractivity contribution in [3.63, 3.8) is 0 Å². The zero-order chi connectivity index (χ0) is 19.0. The maximum absolute atomic E-state index is 14.3. The first-order chi connectivity index (χ1) is 13.1. The summed E-state index contributed by atoms with van der Waals surface area (Å²) >= 11 is 6.11. The first kappa shape index (κ1) is 18.7. The third-order valence-corrected chi connectivity index (χ3v) is 6.70. The van der Waals surface area contributed by atoms with E-state index >= 15 is 0 Å². The van der Waals surface area contributed by atoms with Crippen LogP contribution in [0.5, 0.6) is 0 Å². The van der Waals surface area contributed by atoms with E-state index in [4.69, 9.17) is 11.6 Å². The van der Waals surface area contributed by atoms with Gasteiger partial charge in [0.1, 0.15) is 11.6 Å². The van der Waals surface area contributed by atoms with E-state index in [9.17, 15) is 8.78 Å². The minimum Gasteiger partial charge on any atom is -0.207 e. The molecule has 2 aromatic rings. The number of halogens is 3. The molecular formula is C24H25ClF2. The molecule has 0 radical (unpaired) electrons. The van der Waals surface area contributed by atoms with Gasteiger partial charge in [-0.2, -0.15) is 0 Å². The Morgan fingerprint density at radius 2 is 1.85 bits per heavy atom. The van der Waals surface area contributed by atoms with Crippen molar-refractivity contribution >= 4 is 11.6 Å². The van der Waals surface area contributed by atoms with Gasteiger partial charge in [0.2, 0.25) is 0 Å². The summed E-state index contributed by atoms with van der Waals surface area (Å²) in [5, 5.41) is 0.741. The van der Waals surface area contributed by atoms with Gasteiger partial charge in [0.25, 0.3) is 0 Å². The lowest BCUT2D eigenvalue weighted by molar-refractivity contribution is 0.194. The van der Waals surface area contributed by atoms with Gasteiger partial charge in [-0.05, 0) is 90.7 Å². The van der Waals surface area contributed by atoms with E-state index in [1.165, 1.54) is 5.56 Å². The molecule has 0 nitrogen and oxygen atoms in total. The van der Waals surface area contributed by atoms with Crippen LogP contribution in [0.25, 0.3) is 0 Å². The summed E-state index contributed by atoms with van der Waals surface area (Å²) in [6.07, 6.45) is 9.31. The molecule has 142 valence electrons. The van der Waals surface area contributed by atoms with Crippen LogP contribution in [-0.4, -0.2) is 0 Å². The minimum absolute atomic E-state index is 0.228. The second-order valence-electron chi connectivity index (χ2n) is 7.92. The number of benzene rings is 2. The molecule has 1 saturated carbocycles. The third-order valence-electron chi connectivity index (χ3n) is 6.45. The average molecular weight is 387 g/mol. The summed E-state index contributed by atoms with van der Waals surface area (Å²) < 4.78 is 28.3. The Labute approximate surface area is 165 Å². The minimum atomic E-state index is -0.456. The fourth-order valence-electron chi connectivity index (χ4n) is 5.34. The van der Waals surface area contributed by atoms with Crippen LogP contribution >= 0.6 is 11.6 Å². The summed E-state index contributed by atoms with van der Waals surface area (Å²) in [6.45, 7) is 2.15. The number of hydrogen-bond donors (Lipinski definition) is 0. The maximum Gasteiger partial charge on any atom is 0.129 e. The predicted octanol–water partition coefficient (Wildman–Crippen LogP) is 7.42. The van der Waals surface area contributed by atoms with Crippen LogP contribution in [0, 0.1) is 23.5 Å². The number of hydrogen-bond acceptors (Lipinski definition) is 0. The van der Waals surface area contributed by atoms with Gasteiger partial charge in [0, 0.05) is 11.1 Å². The normalized spacial score (nSPS) is 27.4. The molecular weight excluding hydrogens is 362 g/mol. The lowest BCUT2D eigenvalue weighted by Gasteiger charge is -2.46. The summed E-state index contributed by atoms with van der Waals surface area (Å²) in [4.78, 5) is 0. The van der Waals surface area contributed by atoms with Crippen molar-refractivity contribution < 1.29 is 8.78 Å². The second kappa shape index (κ2) is 7.75. The van der Waals surface area contributed by atoms with Gasteiger partial charge in [-0.15, -0.1) is 0 Å². The van der Waals surface area contributed by atoms with Crippen LogP contribution in [0.3, 0.4) is 0 Å². The van der Waals surface area contributed by atoms with Crippen molar-refractivity contribution in [2.75, 3.05) is 0 Å². The van der Waals surface area contributed by atoms with Gasteiger partial charge in [-0.1, -0.05) is 42.8 Å². The van der Waals surface area contributed by atoms with E-state index in [2.05, 4.69) is 31.2 Å². The molecule has 1 fully saturated rings. The second-order valence-corrected chi connectivity index (χ2v) is 8.36. The molecule has 2 aliphatic rings. The predicted molar refractivity (Wildman–Crippen MR) is 107 cm³/mol. The van der Waals surface area contributed by atoms with Crippen LogP contribution in [0.4, 0.5) is 8.78 Å². The van der Waals surface area contributed by atoms with Crippen molar-refractivity contribution in [2.24, 2.45) is 11.8 Å². The van der Waals surface area contributed by atoms with E-state index in [-0.39, 0.29) is 11.7 Å². The van der Waals surface area contributed by atoms with E-state index in [1.807, 2.05) is 12.1 Å². The highest BCUT2D eigenvalue weighted by Crippen LogP contribution is 2.54. The molecule has 2 aliphatic carbocycles. The Hall–Kier alpha value is -1.67. The van der Waals surface area contributed by atoms with Gasteiger partial charge in [0.15, 0.2) is 0 Å². The van der Waals surface area contributed by atoms with E-state index < -0.39 is 5.82 Å². The molecule has 0 spiro atoms. The summed E-state index contributed by atoms with van der Waals surface area (Å²) in [7, 11) is 0. The fourth-order valence-corrected chi connectivity index (χ4v) is 5.46. The fraction of sp³-hybridized carbons (Fsp3) is 0.417. The Bertz CT molecular complexity index is 840. The van der Waals surface area contributed by atoms with E-state index in [0.717, 1.165) is 47.9 Å². The first-order valence-corrected chi connectivity index (χ1v) is 10.4. The van der Waals surface area contributed by atoms with Crippen LogP contribution in [0.1, 0.15) is 61.1 Å². The average Bonchev–Trinajstić information content (AvgIpc) is 2.66. The molecule has 4 rings (SSSR count). The van der Waals surface area contributed by atoms with Crippen LogP contribution in [-0.2, 0) is 6.42 Å². The SMILES string of the molecule is CCC=CC1CCC2c3cc(F)cc(F)c3CCC2C1c1ccc(Cl)cc1. The monoisotopic (exact) mass is 386 g/mol. The number of fused-ring (bicyclic) bond motifs is 3. The number of allylic oxidation sites excluding steroid dienone is 2. The smallest absolute Gasteiger partial charge is 0.129 e. The molecule has 0 N–H and O–H groups in total. The molecule has 4 atom stereocenters. The van der Waals surface area contributed by atoms with Gasteiger partial charge in [-0.25, -0.2) is 8.78 Å². The standard InChI is InChI=1S/C24H25ClF2/c1-2-3-4-15-7-10-19-21(24(15)16-5-8-17(25)9-6-16)12-11-20-22(19)13-18(26)14-23(20)27/h3-6,8-9,13-15,19,21,24H,2,7,10-12H2,1H3.